The van der Waals surface area contributed by atoms with Crippen LogP contribution in [0.2, 0.25) is 0 Å². The minimum absolute atomic E-state index is 0.0335. The van der Waals surface area contributed by atoms with Gasteiger partial charge >= 0.3 is 0 Å². The van der Waals surface area contributed by atoms with Crippen LogP contribution in [0.1, 0.15) is 35.1 Å². The Morgan fingerprint density at radius 3 is 1.54 bits per heavy atom. The summed E-state index contributed by atoms with van der Waals surface area (Å²) < 4.78 is 0. The van der Waals surface area contributed by atoms with Crippen LogP contribution in [-0.2, 0) is 9.59 Å². The van der Waals surface area contributed by atoms with Crippen LogP contribution in [0.25, 0.3) is 12.2 Å². The van der Waals surface area contributed by atoms with Crippen LogP contribution in [0.5, 0.6) is 0 Å². The number of carbonyl (C=O) groups is 2. The molecule has 122 valence electrons. The van der Waals surface area contributed by atoms with Crippen LogP contribution in [-0.4, -0.2) is 11.6 Å². The van der Waals surface area contributed by atoms with Gasteiger partial charge in [-0.3, -0.25) is 9.59 Å². The predicted molar refractivity (Wildman–Crippen MR) is 99.7 cm³/mol. The standard InChI is InChI=1S/C22H22O2/c1-17-5-3-7-19(15-17)9-11-21(23)13-14-22(24)12-10-20-8-4-6-18(2)16-20/h3-12,15-16H,13-14H2,1-2H3/b11-9+,12-10+. The van der Waals surface area contributed by atoms with Crippen molar-refractivity contribution in [3.05, 3.63) is 82.9 Å². The van der Waals surface area contributed by atoms with Crippen LogP contribution >= 0.6 is 0 Å². The molecule has 0 atom stereocenters. The average molecular weight is 318 g/mol. The number of allylic oxidation sites excluding steroid dienone is 2. The number of benzene rings is 2. The second-order valence-corrected chi connectivity index (χ2v) is 5.93. The highest BCUT2D eigenvalue weighted by Crippen LogP contribution is 2.08. The van der Waals surface area contributed by atoms with Gasteiger partial charge in [-0.1, -0.05) is 71.8 Å². The Labute approximate surface area is 143 Å². The molecule has 2 aromatic rings. The molecule has 0 spiro atoms. The van der Waals surface area contributed by atoms with Crippen molar-refractivity contribution < 1.29 is 9.59 Å². The van der Waals surface area contributed by atoms with Gasteiger partial charge in [-0.15, -0.1) is 0 Å². The topological polar surface area (TPSA) is 34.1 Å². The lowest BCUT2D eigenvalue weighted by Gasteiger charge is -1.97. The Hall–Kier alpha value is -2.74. The first kappa shape index (κ1) is 17.6. The highest BCUT2D eigenvalue weighted by molar-refractivity contribution is 5.99. The summed E-state index contributed by atoms with van der Waals surface area (Å²) in [7, 11) is 0. The zero-order chi connectivity index (χ0) is 17.4. The van der Waals surface area contributed by atoms with Crippen LogP contribution in [0, 0.1) is 13.8 Å². The van der Waals surface area contributed by atoms with E-state index in [0.717, 1.165) is 22.3 Å². The highest BCUT2D eigenvalue weighted by atomic mass is 16.1. The maximum absolute atomic E-state index is 11.9. The molecule has 0 aromatic heterocycles. The molecular weight excluding hydrogens is 296 g/mol. The van der Waals surface area contributed by atoms with Gasteiger partial charge in [-0.2, -0.15) is 0 Å². The minimum atomic E-state index is -0.0335. The van der Waals surface area contributed by atoms with Crippen molar-refractivity contribution in [2.45, 2.75) is 26.7 Å². The first-order chi connectivity index (χ1) is 11.5. The van der Waals surface area contributed by atoms with E-state index >= 15 is 0 Å². The molecule has 0 amide bonds. The van der Waals surface area contributed by atoms with E-state index in [-0.39, 0.29) is 24.4 Å². The summed E-state index contributed by atoms with van der Waals surface area (Å²) in [6.07, 6.45) is 7.15. The van der Waals surface area contributed by atoms with E-state index in [9.17, 15) is 9.59 Å². The third-order valence-corrected chi connectivity index (χ3v) is 3.63. The molecule has 2 nitrogen and oxygen atoms in total. The number of rotatable bonds is 7. The Bertz CT molecular complexity index is 715. The van der Waals surface area contributed by atoms with E-state index in [1.807, 2.05) is 62.4 Å². The monoisotopic (exact) mass is 318 g/mol. The molecule has 0 bridgehead atoms. The first-order valence-electron chi connectivity index (χ1n) is 8.08. The molecule has 0 unspecified atom stereocenters. The van der Waals surface area contributed by atoms with Gasteiger partial charge in [-0.05, 0) is 37.1 Å². The molecular formula is C22H22O2. The van der Waals surface area contributed by atoms with E-state index in [4.69, 9.17) is 0 Å². The van der Waals surface area contributed by atoms with Crippen molar-refractivity contribution in [1.82, 2.24) is 0 Å². The molecule has 0 aliphatic rings. The van der Waals surface area contributed by atoms with Gasteiger partial charge < -0.3 is 0 Å². The quantitative estimate of drug-likeness (QED) is 0.677. The lowest BCUT2D eigenvalue weighted by molar-refractivity contribution is -0.119. The van der Waals surface area contributed by atoms with Gasteiger partial charge in [-0.25, -0.2) is 0 Å². The molecule has 0 saturated carbocycles. The third-order valence-electron chi connectivity index (χ3n) is 3.63. The van der Waals surface area contributed by atoms with Gasteiger partial charge in [0.15, 0.2) is 11.6 Å². The minimum Gasteiger partial charge on any atom is -0.295 e. The average Bonchev–Trinajstić information content (AvgIpc) is 2.56. The van der Waals surface area contributed by atoms with Crippen molar-refractivity contribution in [2.75, 3.05) is 0 Å². The molecule has 2 rings (SSSR count). The zero-order valence-corrected chi connectivity index (χ0v) is 14.2. The second-order valence-electron chi connectivity index (χ2n) is 5.93. The van der Waals surface area contributed by atoms with Crippen LogP contribution < -0.4 is 0 Å². The Kier molecular flexibility index (Phi) is 6.44. The number of carbonyl (C=O) groups excluding carboxylic acids is 2. The molecule has 0 aliphatic heterocycles. The predicted octanol–water partition coefficient (Wildman–Crippen LogP) is 4.95. The van der Waals surface area contributed by atoms with Crippen LogP contribution in [0.3, 0.4) is 0 Å². The van der Waals surface area contributed by atoms with Crippen LogP contribution in [0.15, 0.2) is 60.7 Å². The number of aryl methyl sites for hydroxylation is 2. The van der Waals surface area contributed by atoms with E-state index in [2.05, 4.69) is 0 Å². The Morgan fingerprint density at radius 1 is 0.750 bits per heavy atom. The molecule has 2 aromatic carbocycles. The van der Waals surface area contributed by atoms with Crippen molar-refractivity contribution in [1.29, 1.82) is 0 Å². The SMILES string of the molecule is Cc1cccc(/C=C/C(=O)CCC(=O)/C=C/c2cccc(C)c2)c1. The maximum Gasteiger partial charge on any atom is 0.156 e. The Balaban J connectivity index is 1.82. The maximum atomic E-state index is 11.9. The fraction of sp³-hybridized carbons (Fsp3) is 0.182. The lowest BCUT2D eigenvalue weighted by atomic mass is 10.1. The second kappa shape index (κ2) is 8.78. The fourth-order valence-electron chi connectivity index (χ4n) is 2.34. The largest absolute Gasteiger partial charge is 0.295 e. The molecule has 0 aliphatic carbocycles. The molecule has 0 N–H and O–H groups in total. The van der Waals surface area contributed by atoms with Gasteiger partial charge in [0.05, 0.1) is 0 Å². The van der Waals surface area contributed by atoms with Crippen LogP contribution in [0.4, 0.5) is 0 Å². The fourth-order valence-corrected chi connectivity index (χ4v) is 2.34. The summed E-state index contributed by atoms with van der Waals surface area (Å²) in [4.78, 5) is 23.7. The molecule has 0 heterocycles. The molecule has 0 fully saturated rings. The summed E-state index contributed by atoms with van der Waals surface area (Å²) in [5.74, 6) is -0.0670. The van der Waals surface area contributed by atoms with Crippen molar-refractivity contribution in [3.8, 4) is 0 Å². The normalized spacial score (nSPS) is 11.2. The van der Waals surface area contributed by atoms with Crippen molar-refractivity contribution in [2.24, 2.45) is 0 Å². The Morgan fingerprint density at radius 2 is 1.17 bits per heavy atom. The van der Waals surface area contributed by atoms with E-state index in [1.54, 1.807) is 24.3 Å². The first-order valence-corrected chi connectivity index (χ1v) is 8.08. The highest BCUT2D eigenvalue weighted by Gasteiger charge is 2.02. The lowest BCUT2D eigenvalue weighted by Crippen LogP contribution is -1.99. The molecule has 2 heteroatoms. The summed E-state index contributed by atoms with van der Waals surface area (Å²) in [6.45, 7) is 4.02. The van der Waals surface area contributed by atoms with Gasteiger partial charge in [0.2, 0.25) is 0 Å². The summed E-state index contributed by atoms with van der Waals surface area (Å²) in [6, 6.07) is 15.9. The molecule has 24 heavy (non-hydrogen) atoms. The number of hydrogen-bond donors (Lipinski definition) is 0. The number of hydrogen-bond acceptors (Lipinski definition) is 2. The smallest absolute Gasteiger partial charge is 0.156 e. The van der Waals surface area contributed by atoms with E-state index < -0.39 is 0 Å². The summed E-state index contributed by atoms with van der Waals surface area (Å²) >= 11 is 0. The van der Waals surface area contributed by atoms with Crippen molar-refractivity contribution >= 4 is 23.7 Å². The molecule has 0 saturated heterocycles. The van der Waals surface area contributed by atoms with Gasteiger partial charge in [0, 0.05) is 12.8 Å². The zero-order valence-electron chi connectivity index (χ0n) is 14.2. The van der Waals surface area contributed by atoms with E-state index in [0.29, 0.717) is 0 Å². The third kappa shape index (κ3) is 6.17. The number of ketones is 2. The van der Waals surface area contributed by atoms with E-state index in [1.165, 1.54) is 0 Å². The van der Waals surface area contributed by atoms with Gasteiger partial charge in [0.1, 0.15) is 0 Å². The van der Waals surface area contributed by atoms with Crippen molar-refractivity contribution in [3.63, 3.8) is 0 Å². The van der Waals surface area contributed by atoms with Gasteiger partial charge in [0.25, 0.3) is 0 Å². The summed E-state index contributed by atoms with van der Waals surface area (Å²) in [5.41, 5.74) is 4.30. The summed E-state index contributed by atoms with van der Waals surface area (Å²) in [5, 5.41) is 0. The molecule has 0 radical (unpaired) electrons.